The predicted octanol–water partition coefficient (Wildman–Crippen LogP) is 2.55. The maximum atomic E-state index is 12.9. The molecule has 0 fully saturated rings. The van der Waals surface area contributed by atoms with E-state index in [0.717, 1.165) is 5.56 Å². The molecule has 0 aliphatic rings. The fourth-order valence-electron chi connectivity index (χ4n) is 1.77. The van der Waals surface area contributed by atoms with Crippen LogP contribution in [0, 0.1) is 5.82 Å². The van der Waals surface area contributed by atoms with Crippen molar-refractivity contribution in [1.82, 2.24) is 0 Å². The largest absolute Gasteiger partial charge is 0.397 e. The van der Waals surface area contributed by atoms with E-state index in [1.54, 1.807) is 6.07 Å². The first-order valence-electron chi connectivity index (χ1n) is 5.68. The summed E-state index contributed by atoms with van der Waals surface area (Å²) in [5, 5.41) is 12.5. The molecule has 0 bridgehead atoms. The number of nitrogens with one attached hydrogen (secondary N) is 1. The van der Waals surface area contributed by atoms with Gasteiger partial charge < -0.3 is 16.2 Å². The van der Waals surface area contributed by atoms with Crippen LogP contribution in [0.3, 0.4) is 0 Å². The second-order valence-electron chi connectivity index (χ2n) is 4.02. The number of nitrogen functional groups attached to an aromatic ring is 1. The van der Waals surface area contributed by atoms with Crippen LogP contribution < -0.4 is 11.1 Å². The highest BCUT2D eigenvalue weighted by Gasteiger charge is 2.11. The fourth-order valence-corrected chi connectivity index (χ4v) is 1.77. The van der Waals surface area contributed by atoms with Gasteiger partial charge in [-0.05, 0) is 23.8 Å². The van der Waals surface area contributed by atoms with E-state index in [-0.39, 0.29) is 18.5 Å². The van der Waals surface area contributed by atoms with Gasteiger partial charge in [0.05, 0.1) is 24.0 Å². The number of halogens is 1. The van der Waals surface area contributed by atoms with Crippen LogP contribution in [0.25, 0.3) is 0 Å². The Balaban J connectivity index is 2.21. The molecule has 0 heterocycles. The van der Waals surface area contributed by atoms with Crippen LogP contribution in [-0.2, 0) is 0 Å². The van der Waals surface area contributed by atoms with Crippen LogP contribution >= 0.6 is 0 Å². The molecule has 0 aliphatic carbocycles. The third-order valence-electron chi connectivity index (χ3n) is 2.73. The lowest BCUT2D eigenvalue weighted by atomic mass is 10.1. The molecule has 2 aromatic carbocycles. The van der Waals surface area contributed by atoms with Crippen LogP contribution in [0.5, 0.6) is 0 Å². The summed E-state index contributed by atoms with van der Waals surface area (Å²) in [5.74, 6) is -0.377. The third-order valence-corrected chi connectivity index (χ3v) is 2.73. The van der Waals surface area contributed by atoms with Crippen molar-refractivity contribution in [2.45, 2.75) is 6.04 Å². The number of anilines is 2. The minimum absolute atomic E-state index is 0.0686. The van der Waals surface area contributed by atoms with Crippen molar-refractivity contribution in [2.24, 2.45) is 0 Å². The Morgan fingerprint density at radius 2 is 1.89 bits per heavy atom. The predicted molar refractivity (Wildman–Crippen MR) is 70.7 cm³/mol. The first-order valence-corrected chi connectivity index (χ1v) is 5.68. The zero-order valence-electron chi connectivity index (χ0n) is 9.81. The molecule has 0 aromatic heterocycles. The van der Waals surface area contributed by atoms with Crippen LogP contribution in [-0.4, -0.2) is 11.7 Å². The number of nitrogens with two attached hydrogens (primary N) is 1. The van der Waals surface area contributed by atoms with Gasteiger partial charge in [0.15, 0.2) is 0 Å². The number of rotatable bonds is 4. The van der Waals surface area contributed by atoms with Crippen molar-refractivity contribution < 1.29 is 9.50 Å². The van der Waals surface area contributed by atoms with Gasteiger partial charge in [-0.25, -0.2) is 4.39 Å². The normalized spacial score (nSPS) is 12.1. The van der Waals surface area contributed by atoms with E-state index in [2.05, 4.69) is 5.32 Å². The lowest BCUT2D eigenvalue weighted by Gasteiger charge is -2.19. The molecule has 0 spiro atoms. The summed E-state index contributed by atoms with van der Waals surface area (Å²) in [6.07, 6.45) is 0. The average Bonchev–Trinajstić information content (AvgIpc) is 2.39. The van der Waals surface area contributed by atoms with Gasteiger partial charge in [-0.15, -0.1) is 0 Å². The molecule has 2 aromatic rings. The summed E-state index contributed by atoms with van der Waals surface area (Å²) in [5.41, 5.74) is 7.60. The van der Waals surface area contributed by atoms with E-state index in [1.807, 2.05) is 30.3 Å². The number of benzene rings is 2. The molecule has 0 aliphatic heterocycles. The maximum absolute atomic E-state index is 12.9. The van der Waals surface area contributed by atoms with E-state index in [1.165, 1.54) is 12.1 Å². The Hall–Kier alpha value is -2.07. The Morgan fingerprint density at radius 3 is 2.50 bits per heavy atom. The van der Waals surface area contributed by atoms with E-state index < -0.39 is 0 Å². The number of aliphatic hydroxyl groups is 1. The van der Waals surface area contributed by atoms with E-state index in [4.69, 9.17) is 5.73 Å². The quantitative estimate of drug-likeness (QED) is 0.727. The fraction of sp³-hybridized carbons (Fsp3) is 0.143. The highest BCUT2D eigenvalue weighted by atomic mass is 19.1. The highest BCUT2D eigenvalue weighted by Crippen LogP contribution is 2.24. The molecule has 1 atom stereocenters. The topological polar surface area (TPSA) is 58.3 Å². The summed E-state index contributed by atoms with van der Waals surface area (Å²) >= 11 is 0. The molecule has 0 radical (unpaired) electrons. The van der Waals surface area contributed by atoms with Gasteiger partial charge in [0, 0.05) is 0 Å². The lowest BCUT2D eigenvalue weighted by Crippen LogP contribution is -2.15. The Morgan fingerprint density at radius 1 is 1.17 bits per heavy atom. The number of hydrogen-bond acceptors (Lipinski definition) is 3. The van der Waals surface area contributed by atoms with Gasteiger partial charge >= 0.3 is 0 Å². The summed E-state index contributed by atoms with van der Waals surface area (Å²) < 4.78 is 12.9. The Kier molecular flexibility index (Phi) is 3.79. The zero-order valence-corrected chi connectivity index (χ0v) is 9.81. The summed E-state index contributed by atoms with van der Waals surface area (Å²) in [7, 11) is 0. The molecule has 1 unspecified atom stereocenters. The molecule has 0 saturated carbocycles. The zero-order chi connectivity index (χ0) is 13.0. The van der Waals surface area contributed by atoms with Crippen molar-refractivity contribution in [3.8, 4) is 0 Å². The summed E-state index contributed by atoms with van der Waals surface area (Å²) in [6.45, 7) is -0.0686. The van der Waals surface area contributed by atoms with Crippen molar-refractivity contribution in [3.05, 3.63) is 59.9 Å². The van der Waals surface area contributed by atoms with Crippen molar-refractivity contribution in [1.29, 1.82) is 0 Å². The maximum Gasteiger partial charge on any atom is 0.125 e. The first kappa shape index (κ1) is 12.4. The van der Waals surface area contributed by atoms with Gasteiger partial charge in [-0.2, -0.15) is 0 Å². The molecule has 4 heteroatoms. The highest BCUT2D eigenvalue weighted by molar-refractivity contribution is 5.66. The van der Waals surface area contributed by atoms with Crippen molar-refractivity contribution in [2.75, 3.05) is 17.7 Å². The SMILES string of the molecule is Nc1cc(F)ccc1NC(CO)c1ccccc1. The van der Waals surface area contributed by atoms with Crippen LogP contribution in [0.15, 0.2) is 48.5 Å². The third kappa shape index (κ3) is 2.78. The summed E-state index contributed by atoms with van der Waals surface area (Å²) in [4.78, 5) is 0. The first-order chi connectivity index (χ1) is 8.70. The monoisotopic (exact) mass is 246 g/mol. The summed E-state index contributed by atoms with van der Waals surface area (Å²) in [6, 6.07) is 13.4. The van der Waals surface area contributed by atoms with Crippen LogP contribution in [0.4, 0.5) is 15.8 Å². The molecule has 0 saturated heterocycles. The molecule has 3 nitrogen and oxygen atoms in total. The van der Waals surface area contributed by atoms with Crippen molar-refractivity contribution in [3.63, 3.8) is 0 Å². The van der Waals surface area contributed by atoms with Gasteiger partial charge in [-0.1, -0.05) is 30.3 Å². The van der Waals surface area contributed by atoms with E-state index in [9.17, 15) is 9.50 Å². The van der Waals surface area contributed by atoms with Gasteiger partial charge in [0.1, 0.15) is 5.82 Å². The minimum atomic E-state index is -0.377. The molecule has 4 N–H and O–H groups in total. The Labute approximate surface area is 105 Å². The molecule has 18 heavy (non-hydrogen) atoms. The average molecular weight is 246 g/mol. The second kappa shape index (κ2) is 5.51. The molecule has 94 valence electrons. The Bertz CT molecular complexity index is 516. The number of aliphatic hydroxyl groups excluding tert-OH is 1. The van der Waals surface area contributed by atoms with Crippen molar-refractivity contribution >= 4 is 11.4 Å². The van der Waals surface area contributed by atoms with Gasteiger partial charge in [0.2, 0.25) is 0 Å². The van der Waals surface area contributed by atoms with Crippen LogP contribution in [0.1, 0.15) is 11.6 Å². The van der Waals surface area contributed by atoms with Gasteiger partial charge in [0.25, 0.3) is 0 Å². The smallest absolute Gasteiger partial charge is 0.125 e. The molecule has 2 rings (SSSR count). The standard InChI is InChI=1S/C14H15FN2O/c15-11-6-7-13(12(16)8-11)17-14(9-18)10-4-2-1-3-5-10/h1-8,14,17-18H,9,16H2. The molecular formula is C14H15FN2O. The molecular weight excluding hydrogens is 231 g/mol. The second-order valence-corrected chi connectivity index (χ2v) is 4.02. The van der Waals surface area contributed by atoms with E-state index in [0.29, 0.717) is 11.4 Å². The van der Waals surface area contributed by atoms with Crippen LogP contribution in [0.2, 0.25) is 0 Å². The lowest BCUT2D eigenvalue weighted by molar-refractivity contribution is 0.276. The van der Waals surface area contributed by atoms with Gasteiger partial charge in [-0.3, -0.25) is 0 Å². The van der Waals surface area contributed by atoms with E-state index >= 15 is 0 Å². The number of hydrogen-bond donors (Lipinski definition) is 3. The minimum Gasteiger partial charge on any atom is -0.397 e. The molecule has 0 amide bonds.